The summed E-state index contributed by atoms with van der Waals surface area (Å²) in [6.45, 7) is 1.49. The molecule has 15 heavy (non-hydrogen) atoms. The van der Waals surface area contributed by atoms with E-state index in [1.807, 2.05) is 0 Å². The van der Waals surface area contributed by atoms with Crippen LogP contribution in [0.2, 0.25) is 0 Å². The highest BCUT2D eigenvalue weighted by Gasteiger charge is 2.37. The molecule has 0 bridgehead atoms. The molecular formula is C10H10N2O3. The van der Waals surface area contributed by atoms with Crippen LogP contribution >= 0.6 is 0 Å². The van der Waals surface area contributed by atoms with Crippen molar-refractivity contribution in [2.24, 2.45) is 0 Å². The molecule has 0 aliphatic carbocycles. The second kappa shape index (κ2) is 3.34. The van der Waals surface area contributed by atoms with Gasteiger partial charge in [-0.25, -0.2) is 0 Å². The fourth-order valence-electron chi connectivity index (χ4n) is 1.77. The lowest BCUT2D eigenvalue weighted by molar-refractivity contribution is -0.522. The minimum atomic E-state index is -0.808. The van der Waals surface area contributed by atoms with Crippen molar-refractivity contribution in [1.29, 1.82) is 0 Å². The van der Waals surface area contributed by atoms with Gasteiger partial charge in [0.05, 0.1) is 0 Å². The van der Waals surface area contributed by atoms with Gasteiger partial charge in [0.15, 0.2) is 0 Å². The molecule has 5 nitrogen and oxygen atoms in total. The SMILES string of the molecule is C[C@H]([C@@H]1NC(=O)c2ccccc21)[N+](=O)[O-]. The summed E-state index contributed by atoms with van der Waals surface area (Å²) in [5.74, 6) is -0.232. The monoisotopic (exact) mass is 206 g/mol. The van der Waals surface area contributed by atoms with Crippen LogP contribution in [0.15, 0.2) is 24.3 Å². The van der Waals surface area contributed by atoms with Crippen molar-refractivity contribution in [1.82, 2.24) is 5.32 Å². The molecule has 1 aliphatic rings. The number of nitro groups is 1. The second-order valence-corrected chi connectivity index (χ2v) is 3.56. The van der Waals surface area contributed by atoms with Crippen LogP contribution in [-0.2, 0) is 0 Å². The lowest BCUT2D eigenvalue weighted by Gasteiger charge is -2.12. The number of benzene rings is 1. The van der Waals surface area contributed by atoms with Crippen LogP contribution in [0.4, 0.5) is 0 Å². The van der Waals surface area contributed by atoms with Crippen molar-refractivity contribution >= 4 is 5.91 Å². The van der Waals surface area contributed by atoms with Crippen molar-refractivity contribution in [2.45, 2.75) is 19.0 Å². The van der Waals surface area contributed by atoms with E-state index < -0.39 is 12.1 Å². The van der Waals surface area contributed by atoms with Crippen LogP contribution in [0.5, 0.6) is 0 Å². The van der Waals surface area contributed by atoms with Gasteiger partial charge in [0.1, 0.15) is 6.04 Å². The van der Waals surface area contributed by atoms with Gasteiger partial charge >= 0.3 is 0 Å². The summed E-state index contributed by atoms with van der Waals surface area (Å²) < 4.78 is 0. The van der Waals surface area contributed by atoms with Crippen molar-refractivity contribution < 1.29 is 9.72 Å². The fourth-order valence-corrected chi connectivity index (χ4v) is 1.77. The fraction of sp³-hybridized carbons (Fsp3) is 0.300. The van der Waals surface area contributed by atoms with Crippen molar-refractivity contribution in [3.05, 3.63) is 45.5 Å². The van der Waals surface area contributed by atoms with Crippen molar-refractivity contribution in [2.75, 3.05) is 0 Å². The Balaban J connectivity index is 2.40. The van der Waals surface area contributed by atoms with Crippen LogP contribution < -0.4 is 5.32 Å². The van der Waals surface area contributed by atoms with Crippen molar-refractivity contribution in [3.8, 4) is 0 Å². The number of carbonyl (C=O) groups excluding carboxylic acids is 1. The zero-order valence-electron chi connectivity index (χ0n) is 8.14. The topological polar surface area (TPSA) is 72.2 Å². The van der Waals surface area contributed by atoms with E-state index in [2.05, 4.69) is 5.32 Å². The van der Waals surface area contributed by atoms with Gasteiger partial charge < -0.3 is 5.32 Å². The number of fused-ring (bicyclic) bond motifs is 1. The van der Waals surface area contributed by atoms with E-state index in [0.29, 0.717) is 11.1 Å². The number of rotatable bonds is 2. The molecule has 1 heterocycles. The van der Waals surface area contributed by atoms with E-state index in [1.165, 1.54) is 6.92 Å². The Morgan fingerprint density at radius 1 is 1.47 bits per heavy atom. The zero-order chi connectivity index (χ0) is 11.0. The maximum Gasteiger partial charge on any atom is 0.252 e. The lowest BCUT2D eigenvalue weighted by atomic mass is 10.0. The highest BCUT2D eigenvalue weighted by atomic mass is 16.6. The maximum atomic E-state index is 11.5. The zero-order valence-corrected chi connectivity index (χ0v) is 8.14. The summed E-state index contributed by atoms with van der Waals surface area (Å²) in [4.78, 5) is 21.7. The van der Waals surface area contributed by atoms with E-state index in [0.717, 1.165) is 0 Å². The lowest BCUT2D eigenvalue weighted by Crippen LogP contribution is -2.32. The quantitative estimate of drug-likeness (QED) is 0.582. The number of nitrogens with zero attached hydrogens (tertiary/aromatic N) is 1. The molecule has 1 aromatic rings. The normalized spacial score (nSPS) is 20.6. The molecule has 1 amide bonds. The van der Waals surface area contributed by atoms with Crippen LogP contribution in [-0.4, -0.2) is 16.9 Å². The Hall–Kier alpha value is -1.91. The first-order chi connectivity index (χ1) is 7.11. The van der Waals surface area contributed by atoms with Crippen LogP contribution in [0, 0.1) is 10.1 Å². The highest BCUT2D eigenvalue weighted by Crippen LogP contribution is 2.28. The molecule has 0 saturated heterocycles. The smallest absolute Gasteiger partial charge is 0.252 e. The van der Waals surface area contributed by atoms with Crippen LogP contribution in [0.3, 0.4) is 0 Å². The van der Waals surface area contributed by atoms with Crippen molar-refractivity contribution in [3.63, 3.8) is 0 Å². The van der Waals surface area contributed by atoms with Crippen LogP contribution in [0.25, 0.3) is 0 Å². The van der Waals surface area contributed by atoms with Gasteiger partial charge in [-0.1, -0.05) is 18.2 Å². The Morgan fingerprint density at radius 3 is 2.80 bits per heavy atom. The summed E-state index contributed by atoms with van der Waals surface area (Å²) >= 11 is 0. The molecule has 0 fully saturated rings. The maximum absolute atomic E-state index is 11.5. The summed E-state index contributed by atoms with van der Waals surface area (Å²) in [7, 11) is 0. The highest BCUT2D eigenvalue weighted by molar-refractivity contribution is 5.99. The summed E-state index contributed by atoms with van der Waals surface area (Å²) in [6, 6.07) is 5.63. The summed E-state index contributed by atoms with van der Waals surface area (Å²) in [6.07, 6.45) is 0. The molecular weight excluding hydrogens is 196 g/mol. The van der Waals surface area contributed by atoms with Gasteiger partial charge in [0, 0.05) is 17.4 Å². The third kappa shape index (κ3) is 1.45. The number of hydrogen-bond donors (Lipinski definition) is 1. The van der Waals surface area contributed by atoms with Gasteiger partial charge in [-0.3, -0.25) is 14.9 Å². The third-order valence-corrected chi connectivity index (χ3v) is 2.64. The first kappa shape index (κ1) is 9.64. The molecule has 2 rings (SSSR count). The molecule has 0 spiro atoms. The van der Waals surface area contributed by atoms with E-state index in [-0.39, 0.29) is 10.8 Å². The summed E-state index contributed by atoms with van der Waals surface area (Å²) in [5.41, 5.74) is 1.25. The number of amides is 1. The molecule has 0 radical (unpaired) electrons. The molecule has 5 heteroatoms. The Labute approximate surface area is 86.2 Å². The minimum Gasteiger partial charge on any atom is -0.338 e. The van der Waals surface area contributed by atoms with Gasteiger partial charge in [0.2, 0.25) is 6.04 Å². The van der Waals surface area contributed by atoms with E-state index >= 15 is 0 Å². The minimum absolute atomic E-state index is 0.232. The number of nitrogens with one attached hydrogen (secondary N) is 1. The molecule has 0 saturated carbocycles. The predicted molar refractivity (Wildman–Crippen MR) is 53.1 cm³/mol. The first-order valence-corrected chi connectivity index (χ1v) is 4.64. The number of hydrogen-bond acceptors (Lipinski definition) is 3. The van der Waals surface area contributed by atoms with E-state index in [9.17, 15) is 14.9 Å². The molecule has 78 valence electrons. The molecule has 2 atom stereocenters. The second-order valence-electron chi connectivity index (χ2n) is 3.56. The largest absolute Gasteiger partial charge is 0.338 e. The Bertz CT molecular complexity index is 430. The molecule has 1 aromatic carbocycles. The van der Waals surface area contributed by atoms with E-state index in [4.69, 9.17) is 0 Å². The van der Waals surface area contributed by atoms with Gasteiger partial charge in [-0.15, -0.1) is 0 Å². The van der Waals surface area contributed by atoms with Crippen LogP contribution in [0.1, 0.15) is 28.9 Å². The predicted octanol–water partition coefficient (Wildman–Crippen LogP) is 1.14. The standard InChI is InChI=1S/C10H10N2O3/c1-6(12(14)15)9-7-4-2-3-5-8(7)10(13)11-9/h2-6,9H,1H3,(H,11,13)/t6-,9+/m1/s1. The van der Waals surface area contributed by atoms with E-state index in [1.54, 1.807) is 24.3 Å². The third-order valence-electron chi connectivity index (χ3n) is 2.64. The Kier molecular flexibility index (Phi) is 2.15. The molecule has 0 aromatic heterocycles. The Morgan fingerprint density at radius 2 is 2.13 bits per heavy atom. The summed E-state index contributed by atoms with van der Waals surface area (Å²) in [5, 5.41) is 13.3. The molecule has 0 unspecified atom stereocenters. The first-order valence-electron chi connectivity index (χ1n) is 4.64. The number of carbonyl (C=O) groups is 1. The molecule has 1 aliphatic heterocycles. The van der Waals surface area contributed by atoms with Gasteiger partial charge in [-0.05, 0) is 11.6 Å². The average molecular weight is 206 g/mol. The van der Waals surface area contributed by atoms with Gasteiger partial charge in [-0.2, -0.15) is 0 Å². The molecule has 1 N–H and O–H groups in total. The van der Waals surface area contributed by atoms with Gasteiger partial charge in [0.25, 0.3) is 5.91 Å². The average Bonchev–Trinajstić information content (AvgIpc) is 2.56.